The minimum atomic E-state index is -0.256. The summed E-state index contributed by atoms with van der Waals surface area (Å²) in [7, 11) is 1.75. The average Bonchev–Trinajstić information content (AvgIpc) is 2.68. The quantitative estimate of drug-likeness (QED) is 0.636. The van der Waals surface area contributed by atoms with Crippen molar-refractivity contribution in [3.63, 3.8) is 0 Å². The highest BCUT2D eigenvalue weighted by molar-refractivity contribution is 5.38. The van der Waals surface area contributed by atoms with E-state index in [0.29, 0.717) is 12.4 Å². The normalized spacial score (nSPS) is 10.6. The zero-order valence-corrected chi connectivity index (χ0v) is 7.64. The highest BCUT2D eigenvalue weighted by atomic mass is 16.1. The Morgan fingerprint density at radius 3 is 2.93 bits per heavy atom. The summed E-state index contributed by atoms with van der Waals surface area (Å²) in [6.45, 7) is 0.384. The van der Waals surface area contributed by atoms with Crippen LogP contribution in [0.3, 0.4) is 0 Å². The van der Waals surface area contributed by atoms with Crippen LogP contribution in [0.4, 0.5) is 5.82 Å². The molecule has 0 bridgehead atoms. The molecule has 0 fully saturated rings. The number of rotatable bonds is 2. The van der Waals surface area contributed by atoms with E-state index in [0.717, 1.165) is 5.56 Å². The smallest absolute Gasteiger partial charge is 0.343 e. The van der Waals surface area contributed by atoms with E-state index >= 15 is 0 Å². The highest BCUT2D eigenvalue weighted by Crippen LogP contribution is 2.09. The van der Waals surface area contributed by atoms with Gasteiger partial charge >= 0.3 is 5.69 Å². The van der Waals surface area contributed by atoms with Gasteiger partial charge in [0, 0.05) is 12.6 Å². The molecule has 74 valence electrons. The maximum Gasteiger partial charge on any atom is 0.343 e. The predicted molar refractivity (Wildman–Crippen MR) is 49.6 cm³/mol. The summed E-state index contributed by atoms with van der Waals surface area (Å²) in [5.41, 5.74) is 6.27. The van der Waals surface area contributed by atoms with Crippen molar-refractivity contribution in [3.8, 4) is 0 Å². The van der Waals surface area contributed by atoms with Crippen LogP contribution in [0.1, 0.15) is 5.56 Å². The molecule has 2 aromatic heterocycles. The van der Waals surface area contributed by atoms with E-state index in [9.17, 15) is 4.79 Å². The topological polar surface area (TPSA) is 94.5 Å². The molecule has 0 radical (unpaired) electrons. The van der Waals surface area contributed by atoms with Crippen molar-refractivity contribution in [1.29, 1.82) is 0 Å². The largest absolute Gasteiger partial charge is 0.384 e. The van der Waals surface area contributed by atoms with Gasteiger partial charge in [0.1, 0.15) is 12.1 Å². The molecule has 7 heteroatoms. The Labute approximate surface area is 79.2 Å². The Balaban J connectivity index is 2.32. The van der Waals surface area contributed by atoms with Gasteiger partial charge in [-0.2, -0.15) is 10.2 Å². The fourth-order valence-electron chi connectivity index (χ4n) is 1.18. The number of nitrogens with one attached hydrogen (secondary N) is 1. The number of nitrogens with two attached hydrogens (primary N) is 1. The summed E-state index contributed by atoms with van der Waals surface area (Å²) < 4.78 is 2.98. The number of aromatic amines is 1. The Morgan fingerprint density at radius 1 is 1.64 bits per heavy atom. The first-order valence-electron chi connectivity index (χ1n) is 4.04. The van der Waals surface area contributed by atoms with Gasteiger partial charge in [-0.3, -0.25) is 9.25 Å². The molecule has 2 heterocycles. The summed E-state index contributed by atoms with van der Waals surface area (Å²) >= 11 is 0. The first-order chi connectivity index (χ1) is 6.68. The third-order valence-corrected chi connectivity index (χ3v) is 2.02. The Hall–Kier alpha value is -2.05. The van der Waals surface area contributed by atoms with E-state index in [-0.39, 0.29) is 5.69 Å². The number of H-pyrrole nitrogens is 1. The Kier molecular flexibility index (Phi) is 1.84. The van der Waals surface area contributed by atoms with Gasteiger partial charge in [0.25, 0.3) is 0 Å². The second-order valence-corrected chi connectivity index (χ2v) is 2.97. The molecule has 0 aliphatic carbocycles. The number of anilines is 1. The number of nitrogen functional groups attached to an aromatic ring is 1. The van der Waals surface area contributed by atoms with E-state index in [1.54, 1.807) is 17.9 Å². The van der Waals surface area contributed by atoms with Gasteiger partial charge < -0.3 is 5.73 Å². The minimum absolute atomic E-state index is 0.256. The second-order valence-electron chi connectivity index (χ2n) is 2.97. The summed E-state index contributed by atoms with van der Waals surface area (Å²) in [6, 6.07) is 0. The van der Waals surface area contributed by atoms with E-state index in [4.69, 9.17) is 5.73 Å². The monoisotopic (exact) mass is 194 g/mol. The van der Waals surface area contributed by atoms with Crippen molar-refractivity contribution in [1.82, 2.24) is 24.5 Å². The molecule has 14 heavy (non-hydrogen) atoms. The van der Waals surface area contributed by atoms with Crippen molar-refractivity contribution >= 4 is 5.82 Å². The lowest BCUT2D eigenvalue weighted by atomic mass is 10.3. The lowest BCUT2D eigenvalue weighted by Crippen LogP contribution is -2.17. The van der Waals surface area contributed by atoms with Crippen molar-refractivity contribution in [3.05, 3.63) is 28.6 Å². The molecule has 7 nitrogen and oxygen atoms in total. The number of hydrogen-bond donors (Lipinski definition) is 2. The molecule has 0 amide bonds. The van der Waals surface area contributed by atoms with Crippen LogP contribution in [0.2, 0.25) is 0 Å². The van der Waals surface area contributed by atoms with Gasteiger partial charge in [-0.1, -0.05) is 0 Å². The third-order valence-electron chi connectivity index (χ3n) is 2.02. The van der Waals surface area contributed by atoms with Crippen molar-refractivity contribution in [2.24, 2.45) is 7.05 Å². The van der Waals surface area contributed by atoms with E-state index < -0.39 is 0 Å². The van der Waals surface area contributed by atoms with E-state index in [1.165, 1.54) is 10.9 Å². The van der Waals surface area contributed by atoms with Gasteiger partial charge in [0.15, 0.2) is 0 Å². The van der Waals surface area contributed by atoms with Crippen LogP contribution in [0.5, 0.6) is 0 Å². The Bertz CT molecular complexity index is 492. The lowest BCUT2D eigenvalue weighted by molar-refractivity contribution is 0.758. The standard InChI is InChI=1S/C7H10N6O/c1-12-6(8)5(2-10-12)3-13-4-9-11-7(13)14/h2,4H,3,8H2,1H3,(H,11,14). The zero-order chi connectivity index (χ0) is 10.1. The van der Waals surface area contributed by atoms with Gasteiger partial charge in [-0.05, 0) is 0 Å². The number of nitrogens with zero attached hydrogens (tertiary/aromatic N) is 4. The summed E-state index contributed by atoms with van der Waals surface area (Å²) in [4.78, 5) is 11.1. The van der Waals surface area contributed by atoms with Crippen LogP contribution < -0.4 is 11.4 Å². The van der Waals surface area contributed by atoms with E-state index in [2.05, 4.69) is 15.3 Å². The first-order valence-corrected chi connectivity index (χ1v) is 4.04. The zero-order valence-electron chi connectivity index (χ0n) is 7.64. The molecular weight excluding hydrogens is 184 g/mol. The maximum atomic E-state index is 11.1. The predicted octanol–water partition coefficient (Wildman–Crippen LogP) is -1.06. The molecule has 3 N–H and O–H groups in total. The van der Waals surface area contributed by atoms with Crippen LogP contribution in [0.15, 0.2) is 17.3 Å². The van der Waals surface area contributed by atoms with Gasteiger partial charge in [0.2, 0.25) is 0 Å². The third kappa shape index (κ3) is 1.28. The van der Waals surface area contributed by atoms with Gasteiger partial charge in [-0.15, -0.1) is 0 Å². The van der Waals surface area contributed by atoms with Crippen LogP contribution in [-0.4, -0.2) is 24.5 Å². The van der Waals surface area contributed by atoms with Crippen LogP contribution >= 0.6 is 0 Å². The minimum Gasteiger partial charge on any atom is -0.384 e. The average molecular weight is 194 g/mol. The van der Waals surface area contributed by atoms with Crippen molar-refractivity contribution in [2.75, 3.05) is 5.73 Å². The molecule has 0 saturated carbocycles. The van der Waals surface area contributed by atoms with Crippen LogP contribution in [0.25, 0.3) is 0 Å². The van der Waals surface area contributed by atoms with Gasteiger partial charge in [0.05, 0.1) is 12.7 Å². The Morgan fingerprint density at radius 2 is 2.43 bits per heavy atom. The summed E-state index contributed by atoms with van der Waals surface area (Å²) in [5, 5.41) is 9.89. The molecule has 0 saturated heterocycles. The maximum absolute atomic E-state index is 11.1. The molecule has 2 aromatic rings. The molecule has 2 rings (SSSR count). The summed E-state index contributed by atoms with van der Waals surface area (Å²) in [6.07, 6.45) is 3.06. The molecular formula is C7H10N6O. The molecule has 0 aliphatic heterocycles. The molecule has 0 aliphatic rings. The van der Waals surface area contributed by atoms with Gasteiger partial charge in [-0.25, -0.2) is 9.89 Å². The summed E-state index contributed by atoms with van der Waals surface area (Å²) in [5.74, 6) is 0.554. The van der Waals surface area contributed by atoms with Crippen LogP contribution in [0, 0.1) is 0 Å². The molecule has 0 spiro atoms. The fourth-order valence-corrected chi connectivity index (χ4v) is 1.18. The second kappa shape index (κ2) is 3.02. The van der Waals surface area contributed by atoms with Crippen molar-refractivity contribution < 1.29 is 0 Å². The highest BCUT2D eigenvalue weighted by Gasteiger charge is 2.06. The number of aryl methyl sites for hydroxylation is 1. The SMILES string of the molecule is Cn1ncc(Cn2cn[nH]c2=O)c1N. The number of aromatic nitrogens is 5. The molecule has 0 atom stereocenters. The lowest BCUT2D eigenvalue weighted by Gasteiger charge is -1.99. The van der Waals surface area contributed by atoms with E-state index in [1.807, 2.05) is 0 Å². The molecule has 0 aromatic carbocycles. The van der Waals surface area contributed by atoms with Crippen LogP contribution in [-0.2, 0) is 13.6 Å². The van der Waals surface area contributed by atoms with Crippen molar-refractivity contribution in [2.45, 2.75) is 6.54 Å². The number of hydrogen-bond acceptors (Lipinski definition) is 4. The first kappa shape index (κ1) is 8.54. The fraction of sp³-hybridized carbons (Fsp3) is 0.286. The molecule has 0 unspecified atom stereocenters.